The summed E-state index contributed by atoms with van der Waals surface area (Å²) < 4.78 is 6.09. The fourth-order valence-electron chi connectivity index (χ4n) is 4.11. The van der Waals surface area contributed by atoms with Crippen LogP contribution in [0.15, 0.2) is 78.9 Å². The second-order valence-corrected chi connectivity index (χ2v) is 8.04. The van der Waals surface area contributed by atoms with Crippen molar-refractivity contribution in [3.05, 3.63) is 95.6 Å². The van der Waals surface area contributed by atoms with E-state index >= 15 is 0 Å². The Labute approximate surface area is 199 Å². The number of aliphatic hydroxyl groups excluding tert-OH is 1. The van der Waals surface area contributed by atoms with E-state index < -0.39 is 6.04 Å². The third kappa shape index (κ3) is 5.02. The van der Waals surface area contributed by atoms with Crippen LogP contribution in [-0.2, 0) is 16.1 Å². The second kappa shape index (κ2) is 10.8. The fourth-order valence-corrected chi connectivity index (χ4v) is 4.11. The zero-order chi connectivity index (χ0) is 23.9. The van der Waals surface area contributed by atoms with Crippen LogP contribution in [0, 0.1) is 0 Å². The first-order chi connectivity index (χ1) is 16.6. The summed E-state index contributed by atoms with van der Waals surface area (Å²) in [6, 6.07) is 23.7. The Hall–Kier alpha value is -3.90. The van der Waals surface area contributed by atoms with Crippen molar-refractivity contribution < 1.29 is 19.4 Å². The summed E-state index contributed by atoms with van der Waals surface area (Å²) in [5.74, 6) is 0.632. The van der Waals surface area contributed by atoms with Crippen molar-refractivity contribution in [3.63, 3.8) is 0 Å². The maximum absolute atomic E-state index is 13.9. The summed E-state index contributed by atoms with van der Waals surface area (Å²) in [5.41, 5.74) is 2.81. The molecule has 3 aromatic rings. The van der Waals surface area contributed by atoms with Crippen LogP contribution in [0.4, 0.5) is 0 Å². The van der Waals surface area contributed by atoms with Gasteiger partial charge in [0.05, 0.1) is 12.2 Å². The highest BCUT2D eigenvalue weighted by molar-refractivity contribution is 6.25. The molecule has 0 saturated heterocycles. The van der Waals surface area contributed by atoms with Gasteiger partial charge >= 0.3 is 0 Å². The average Bonchev–Trinajstić information content (AvgIpc) is 3.04. The molecule has 1 aliphatic heterocycles. The number of nitrogens with one attached hydrogen (secondary N) is 1. The number of ether oxygens (including phenoxy) is 1. The Bertz CT molecular complexity index is 1190. The van der Waals surface area contributed by atoms with E-state index in [2.05, 4.69) is 5.32 Å². The minimum absolute atomic E-state index is 0.0398. The fraction of sp³-hybridized carbons (Fsp3) is 0.214. The molecule has 2 amide bonds. The van der Waals surface area contributed by atoms with Crippen LogP contribution < -0.4 is 10.1 Å². The molecule has 6 nitrogen and oxygen atoms in total. The molecule has 1 heterocycles. The molecule has 34 heavy (non-hydrogen) atoms. The molecular formula is C28H28N2O4. The topological polar surface area (TPSA) is 78.9 Å². The maximum Gasteiger partial charge on any atom is 0.255 e. The van der Waals surface area contributed by atoms with Crippen LogP contribution in [0.2, 0.25) is 0 Å². The molecular weight excluding hydrogens is 428 g/mol. The van der Waals surface area contributed by atoms with Crippen LogP contribution >= 0.6 is 0 Å². The van der Waals surface area contributed by atoms with Crippen LogP contribution in [0.25, 0.3) is 11.6 Å². The smallest absolute Gasteiger partial charge is 0.255 e. The third-order valence-electron chi connectivity index (χ3n) is 5.82. The van der Waals surface area contributed by atoms with Gasteiger partial charge in [0.1, 0.15) is 17.5 Å². The van der Waals surface area contributed by atoms with Crippen molar-refractivity contribution in [2.75, 3.05) is 13.2 Å². The van der Waals surface area contributed by atoms with Gasteiger partial charge in [-0.05, 0) is 30.2 Å². The molecule has 0 fully saturated rings. The first-order valence-corrected chi connectivity index (χ1v) is 11.4. The minimum Gasteiger partial charge on any atom is -0.456 e. The van der Waals surface area contributed by atoms with E-state index in [1.807, 2.05) is 85.8 Å². The number of aliphatic hydroxyl groups is 1. The van der Waals surface area contributed by atoms with Crippen LogP contribution in [0.1, 0.15) is 30.0 Å². The lowest BCUT2D eigenvalue weighted by Crippen LogP contribution is -2.50. The summed E-state index contributed by atoms with van der Waals surface area (Å²) in [6.07, 6.45) is 2.21. The molecule has 0 spiro atoms. The quantitative estimate of drug-likeness (QED) is 0.531. The van der Waals surface area contributed by atoms with Gasteiger partial charge in [-0.3, -0.25) is 9.59 Å². The summed E-state index contributed by atoms with van der Waals surface area (Å²) in [4.78, 5) is 28.5. The molecule has 0 bridgehead atoms. The highest BCUT2D eigenvalue weighted by Crippen LogP contribution is 2.38. The molecule has 1 atom stereocenters. The third-order valence-corrected chi connectivity index (χ3v) is 5.82. The summed E-state index contributed by atoms with van der Waals surface area (Å²) in [6.45, 7) is 2.01. The van der Waals surface area contributed by atoms with E-state index in [0.717, 1.165) is 11.1 Å². The first kappa shape index (κ1) is 23.3. The lowest BCUT2D eigenvalue weighted by Gasteiger charge is -2.30. The normalized spacial score (nSPS) is 12.8. The number of hydrogen-bond acceptors (Lipinski definition) is 4. The molecule has 2 N–H and O–H groups in total. The van der Waals surface area contributed by atoms with Gasteiger partial charge in [0, 0.05) is 24.2 Å². The highest BCUT2D eigenvalue weighted by Gasteiger charge is 2.32. The van der Waals surface area contributed by atoms with Gasteiger partial charge < -0.3 is 20.1 Å². The molecule has 174 valence electrons. The predicted octanol–water partition coefficient (Wildman–Crippen LogP) is 4.25. The van der Waals surface area contributed by atoms with Gasteiger partial charge in [0.15, 0.2) is 0 Å². The average molecular weight is 457 g/mol. The van der Waals surface area contributed by atoms with E-state index in [0.29, 0.717) is 35.6 Å². The number of carbonyl (C=O) groups is 2. The Kier molecular flexibility index (Phi) is 7.40. The molecule has 0 saturated carbocycles. The molecule has 1 unspecified atom stereocenters. The Morgan fingerprint density at radius 1 is 0.941 bits per heavy atom. The van der Waals surface area contributed by atoms with E-state index in [1.54, 1.807) is 6.08 Å². The van der Waals surface area contributed by atoms with Gasteiger partial charge in [-0.1, -0.05) is 73.7 Å². The van der Waals surface area contributed by atoms with E-state index in [4.69, 9.17) is 4.74 Å². The number of benzene rings is 3. The number of carbonyl (C=O) groups excluding carboxylic acids is 2. The zero-order valence-corrected chi connectivity index (χ0v) is 19.1. The lowest BCUT2D eigenvalue weighted by molar-refractivity contribution is -0.137. The number of rotatable bonds is 8. The van der Waals surface area contributed by atoms with E-state index in [9.17, 15) is 14.7 Å². The minimum atomic E-state index is -0.726. The predicted molar refractivity (Wildman–Crippen MR) is 132 cm³/mol. The zero-order valence-electron chi connectivity index (χ0n) is 19.1. The number of amides is 2. The summed E-state index contributed by atoms with van der Waals surface area (Å²) in [5, 5.41) is 12.7. The largest absolute Gasteiger partial charge is 0.456 e. The molecule has 0 radical (unpaired) electrons. The SMILES string of the molecule is CCC(C(=O)NCc1ccccc1)N(CCO)C(=O)C1=Cc2ccccc2Oc2ccccc21. The highest BCUT2D eigenvalue weighted by atomic mass is 16.5. The monoisotopic (exact) mass is 456 g/mol. The Morgan fingerprint density at radius 3 is 2.35 bits per heavy atom. The van der Waals surface area contributed by atoms with Gasteiger partial charge in [-0.15, -0.1) is 0 Å². The number of hydrogen-bond donors (Lipinski definition) is 2. The molecule has 0 aromatic heterocycles. The molecule has 3 aromatic carbocycles. The van der Waals surface area contributed by atoms with Crippen molar-refractivity contribution in [2.45, 2.75) is 25.9 Å². The second-order valence-electron chi connectivity index (χ2n) is 8.04. The van der Waals surface area contributed by atoms with Crippen LogP contribution in [0.5, 0.6) is 11.5 Å². The van der Waals surface area contributed by atoms with Crippen molar-refractivity contribution >= 4 is 23.5 Å². The van der Waals surface area contributed by atoms with Gasteiger partial charge in [-0.2, -0.15) is 0 Å². The van der Waals surface area contributed by atoms with Crippen molar-refractivity contribution in [2.24, 2.45) is 0 Å². The molecule has 1 aliphatic rings. The lowest BCUT2D eigenvalue weighted by atomic mass is 9.99. The molecule has 6 heteroatoms. The molecule has 4 rings (SSSR count). The van der Waals surface area contributed by atoms with Crippen molar-refractivity contribution in [1.29, 1.82) is 0 Å². The Morgan fingerprint density at radius 2 is 1.62 bits per heavy atom. The summed E-state index contributed by atoms with van der Waals surface area (Å²) in [7, 11) is 0. The first-order valence-electron chi connectivity index (χ1n) is 11.4. The van der Waals surface area contributed by atoms with Crippen molar-refractivity contribution in [3.8, 4) is 11.5 Å². The van der Waals surface area contributed by atoms with E-state index in [-0.39, 0.29) is 25.0 Å². The van der Waals surface area contributed by atoms with Gasteiger partial charge in [0.2, 0.25) is 5.91 Å². The van der Waals surface area contributed by atoms with Gasteiger partial charge in [-0.25, -0.2) is 0 Å². The molecule has 0 aliphatic carbocycles. The van der Waals surface area contributed by atoms with Crippen LogP contribution in [0.3, 0.4) is 0 Å². The maximum atomic E-state index is 13.9. The summed E-state index contributed by atoms with van der Waals surface area (Å²) >= 11 is 0. The number of para-hydroxylation sites is 2. The van der Waals surface area contributed by atoms with Crippen LogP contribution in [-0.4, -0.2) is 41.0 Å². The number of fused-ring (bicyclic) bond motifs is 2. The van der Waals surface area contributed by atoms with Crippen molar-refractivity contribution in [1.82, 2.24) is 10.2 Å². The Balaban J connectivity index is 1.66. The van der Waals surface area contributed by atoms with Gasteiger partial charge in [0.25, 0.3) is 5.91 Å². The standard InChI is InChI=1S/C28H28N2O4/c1-2-24(27(32)29-19-20-10-4-3-5-11-20)30(16-17-31)28(33)23-18-21-12-6-8-14-25(21)34-26-15-9-7-13-22(23)26/h3-15,18,24,31H,2,16-17,19H2,1H3,(H,29,32). The van der Waals surface area contributed by atoms with E-state index in [1.165, 1.54) is 4.90 Å². The number of nitrogens with zero attached hydrogens (tertiary/aromatic N) is 1.